The number of carbonyl (C=O) groups is 1. The summed E-state index contributed by atoms with van der Waals surface area (Å²) in [6.07, 6.45) is 1.15. The number of halogens is 3. The van der Waals surface area contributed by atoms with Crippen LogP contribution in [0.4, 0.5) is 31.8 Å². The van der Waals surface area contributed by atoms with Gasteiger partial charge in [-0.3, -0.25) is 15.6 Å². The van der Waals surface area contributed by atoms with E-state index in [1.54, 1.807) is 24.3 Å². The van der Waals surface area contributed by atoms with Crippen molar-refractivity contribution in [3.63, 3.8) is 0 Å². The smallest absolute Gasteiger partial charge is 0.269 e. The van der Waals surface area contributed by atoms with Gasteiger partial charge in [0, 0.05) is 16.7 Å². The fraction of sp³-hybridized carbons (Fsp3) is 0. The molecule has 2 aromatic carbocycles. The molecule has 0 aliphatic rings. The number of amides is 1. The van der Waals surface area contributed by atoms with Gasteiger partial charge in [-0.2, -0.15) is 0 Å². The molecule has 1 amide bonds. The van der Waals surface area contributed by atoms with Gasteiger partial charge in [-0.05, 0) is 36.4 Å². The SMILES string of the molecule is Nc1c(NNC(=O)c2ccc(Cl)cc2)ncnc1Nc1cc(F)ccc1F. The van der Waals surface area contributed by atoms with Gasteiger partial charge >= 0.3 is 0 Å². The predicted molar refractivity (Wildman–Crippen MR) is 98.6 cm³/mol. The molecule has 138 valence electrons. The quantitative estimate of drug-likeness (QED) is 0.497. The van der Waals surface area contributed by atoms with Crippen molar-refractivity contribution in [2.45, 2.75) is 0 Å². The second kappa shape index (κ2) is 7.83. The molecule has 0 saturated carbocycles. The highest BCUT2D eigenvalue weighted by atomic mass is 35.5. The maximum atomic E-state index is 13.8. The minimum absolute atomic E-state index is 0.00225. The zero-order chi connectivity index (χ0) is 19.4. The minimum Gasteiger partial charge on any atom is -0.393 e. The monoisotopic (exact) mass is 390 g/mol. The first-order valence-electron chi connectivity index (χ1n) is 7.58. The molecular weight excluding hydrogens is 378 g/mol. The van der Waals surface area contributed by atoms with Crippen LogP contribution in [0.15, 0.2) is 48.8 Å². The number of carbonyl (C=O) groups excluding carboxylic acids is 1. The number of benzene rings is 2. The Morgan fingerprint density at radius 3 is 2.48 bits per heavy atom. The van der Waals surface area contributed by atoms with Gasteiger partial charge in [-0.15, -0.1) is 0 Å². The van der Waals surface area contributed by atoms with Gasteiger partial charge in [-0.1, -0.05) is 11.6 Å². The Bertz CT molecular complexity index is 984. The van der Waals surface area contributed by atoms with Crippen LogP contribution in [0.5, 0.6) is 0 Å². The van der Waals surface area contributed by atoms with Crippen LogP contribution in [0.2, 0.25) is 5.02 Å². The van der Waals surface area contributed by atoms with Crippen LogP contribution in [-0.2, 0) is 0 Å². The largest absolute Gasteiger partial charge is 0.393 e. The first-order chi connectivity index (χ1) is 12.9. The van der Waals surface area contributed by atoms with E-state index in [4.69, 9.17) is 17.3 Å². The summed E-state index contributed by atoms with van der Waals surface area (Å²) >= 11 is 5.78. The van der Waals surface area contributed by atoms with Crippen molar-refractivity contribution < 1.29 is 13.6 Å². The normalized spacial score (nSPS) is 10.3. The lowest BCUT2D eigenvalue weighted by atomic mass is 10.2. The Labute approximate surface area is 157 Å². The van der Waals surface area contributed by atoms with Gasteiger partial charge in [0.15, 0.2) is 11.6 Å². The van der Waals surface area contributed by atoms with E-state index in [1.807, 2.05) is 0 Å². The van der Waals surface area contributed by atoms with Gasteiger partial charge in [0.1, 0.15) is 23.6 Å². The van der Waals surface area contributed by atoms with E-state index >= 15 is 0 Å². The molecule has 1 aromatic heterocycles. The summed E-state index contributed by atoms with van der Waals surface area (Å²) in [6.45, 7) is 0. The number of hydrazine groups is 1. The van der Waals surface area contributed by atoms with E-state index in [2.05, 4.69) is 26.1 Å². The van der Waals surface area contributed by atoms with Gasteiger partial charge < -0.3 is 11.1 Å². The molecule has 0 aliphatic carbocycles. The van der Waals surface area contributed by atoms with Crippen molar-refractivity contribution in [2.75, 3.05) is 16.5 Å². The van der Waals surface area contributed by atoms with Gasteiger partial charge in [0.05, 0.1) is 5.69 Å². The Hall–Kier alpha value is -3.46. The molecule has 0 bridgehead atoms. The summed E-state index contributed by atoms with van der Waals surface area (Å²) in [7, 11) is 0. The summed E-state index contributed by atoms with van der Waals surface area (Å²) in [4.78, 5) is 19.9. The second-order valence-corrected chi connectivity index (χ2v) is 5.76. The molecule has 0 saturated heterocycles. The Morgan fingerprint density at radius 2 is 1.74 bits per heavy atom. The standard InChI is InChI=1S/C17H13ClF2N6O/c18-10-3-1-9(2-4-10)17(27)26-25-16-14(21)15(22-8-23-16)24-13-7-11(19)5-6-12(13)20/h1-8H,21H2,(H,26,27)(H2,22,23,24,25). The number of anilines is 4. The Morgan fingerprint density at radius 1 is 1.04 bits per heavy atom. The molecule has 7 nitrogen and oxygen atoms in total. The zero-order valence-corrected chi connectivity index (χ0v) is 14.4. The predicted octanol–water partition coefficient (Wildman–Crippen LogP) is 3.49. The number of nitrogens with one attached hydrogen (secondary N) is 3. The van der Waals surface area contributed by atoms with Crippen LogP contribution in [0.1, 0.15) is 10.4 Å². The maximum absolute atomic E-state index is 13.8. The third kappa shape index (κ3) is 4.39. The average molecular weight is 391 g/mol. The van der Waals surface area contributed by atoms with Crippen LogP contribution in [0.25, 0.3) is 0 Å². The molecule has 0 unspecified atom stereocenters. The van der Waals surface area contributed by atoms with E-state index in [0.717, 1.165) is 24.5 Å². The molecular formula is C17H13ClF2N6O. The van der Waals surface area contributed by atoms with Crippen LogP contribution in [0, 0.1) is 11.6 Å². The first-order valence-corrected chi connectivity index (χ1v) is 7.96. The molecule has 3 rings (SSSR count). The number of rotatable bonds is 5. The lowest BCUT2D eigenvalue weighted by Crippen LogP contribution is -2.30. The molecule has 3 aromatic rings. The summed E-state index contributed by atoms with van der Waals surface area (Å²) in [5.74, 6) is -1.64. The van der Waals surface area contributed by atoms with Gasteiger partial charge in [0.2, 0.25) is 0 Å². The van der Waals surface area contributed by atoms with E-state index < -0.39 is 17.5 Å². The van der Waals surface area contributed by atoms with Crippen molar-refractivity contribution in [1.82, 2.24) is 15.4 Å². The summed E-state index contributed by atoms with van der Waals surface area (Å²) in [6, 6.07) is 9.16. The van der Waals surface area contributed by atoms with Crippen LogP contribution in [-0.4, -0.2) is 15.9 Å². The van der Waals surface area contributed by atoms with Crippen molar-refractivity contribution in [3.8, 4) is 0 Å². The fourth-order valence-corrected chi connectivity index (χ4v) is 2.23. The Balaban J connectivity index is 1.74. The van der Waals surface area contributed by atoms with E-state index in [1.165, 1.54) is 0 Å². The van der Waals surface area contributed by atoms with Crippen molar-refractivity contribution in [2.24, 2.45) is 0 Å². The molecule has 5 N–H and O–H groups in total. The maximum Gasteiger partial charge on any atom is 0.269 e. The van der Waals surface area contributed by atoms with E-state index in [0.29, 0.717) is 10.6 Å². The zero-order valence-electron chi connectivity index (χ0n) is 13.6. The Kier molecular flexibility index (Phi) is 5.32. The number of aromatic nitrogens is 2. The second-order valence-electron chi connectivity index (χ2n) is 5.32. The summed E-state index contributed by atoms with van der Waals surface area (Å²) in [5.41, 5.74) is 11.1. The third-order valence-electron chi connectivity index (χ3n) is 3.47. The van der Waals surface area contributed by atoms with Gasteiger partial charge in [-0.25, -0.2) is 18.7 Å². The molecule has 0 aliphatic heterocycles. The van der Waals surface area contributed by atoms with E-state index in [-0.39, 0.29) is 23.0 Å². The number of hydrogen-bond acceptors (Lipinski definition) is 6. The van der Waals surface area contributed by atoms with Crippen LogP contribution >= 0.6 is 11.6 Å². The molecule has 0 radical (unpaired) electrons. The third-order valence-corrected chi connectivity index (χ3v) is 3.72. The van der Waals surface area contributed by atoms with Crippen LogP contribution in [0.3, 0.4) is 0 Å². The summed E-state index contributed by atoms with van der Waals surface area (Å²) < 4.78 is 27.0. The molecule has 0 atom stereocenters. The van der Waals surface area contributed by atoms with Crippen molar-refractivity contribution in [1.29, 1.82) is 0 Å². The minimum atomic E-state index is -0.681. The van der Waals surface area contributed by atoms with Gasteiger partial charge in [0.25, 0.3) is 5.91 Å². The van der Waals surface area contributed by atoms with Crippen LogP contribution < -0.4 is 21.9 Å². The summed E-state index contributed by atoms with van der Waals surface area (Å²) in [5, 5.41) is 3.09. The highest BCUT2D eigenvalue weighted by Gasteiger charge is 2.12. The fourth-order valence-electron chi connectivity index (χ4n) is 2.11. The molecule has 27 heavy (non-hydrogen) atoms. The molecule has 0 spiro atoms. The lowest BCUT2D eigenvalue weighted by molar-refractivity contribution is 0.0962. The number of hydrogen-bond donors (Lipinski definition) is 4. The number of nitrogens with two attached hydrogens (primary N) is 1. The highest BCUT2D eigenvalue weighted by Crippen LogP contribution is 2.27. The average Bonchev–Trinajstić information content (AvgIpc) is 2.65. The number of nitrogen functional groups attached to an aromatic ring is 1. The van der Waals surface area contributed by atoms with Crippen molar-refractivity contribution >= 4 is 40.5 Å². The topological polar surface area (TPSA) is 105 Å². The lowest BCUT2D eigenvalue weighted by Gasteiger charge is -2.13. The van der Waals surface area contributed by atoms with E-state index in [9.17, 15) is 13.6 Å². The molecule has 1 heterocycles. The molecule has 0 fully saturated rings. The highest BCUT2D eigenvalue weighted by molar-refractivity contribution is 6.30. The molecule has 10 heteroatoms. The van der Waals surface area contributed by atoms with Crippen molar-refractivity contribution in [3.05, 3.63) is 71.0 Å². The first kappa shape index (κ1) is 18.3. The number of nitrogens with zero attached hydrogens (tertiary/aromatic N) is 2.